The minimum absolute atomic E-state index is 0.128. The van der Waals surface area contributed by atoms with Crippen molar-refractivity contribution >= 4 is 36.7 Å². The largest absolute Gasteiger partial charge is 0.465 e. The van der Waals surface area contributed by atoms with Crippen molar-refractivity contribution in [1.82, 2.24) is 14.7 Å². The van der Waals surface area contributed by atoms with E-state index < -0.39 is 19.6 Å². The third-order valence-electron chi connectivity index (χ3n) is 6.61. The smallest absolute Gasteiger partial charge is 0.410 e. The first kappa shape index (κ1) is 29.0. The Kier molecular flexibility index (Phi) is 9.28. The van der Waals surface area contributed by atoms with Gasteiger partial charge in [0.15, 0.2) is 0 Å². The molecule has 0 spiro atoms. The molecule has 9 nitrogen and oxygen atoms in total. The van der Waals surface area contributed by atoms with Crippen LogP contribution in [-0.2, 0) is 20.9 Å². The maximum Gasteiger partial charge on any atom is 0.410 e. The number of aromatic nitrogens is 2. The molecule has 2 heterocycles. The maximum atomic E-state index is 12.7. The molecule has 2 aromatic rings. The van der Waals surface area contributed by atoms with Crippen LogP contribution in [0.2, 0.25) is 25.7 Å². The van der Waals surface area contributed by atoms with Crippen LogP contribution in [0, 0.1) is 0 Å². The van der Waals surface area contributed by atoms with E-state index in [4.69, 9.17) is 14.2 Å². The van der Waals surface area contributed by atoms with Crippen LogP contribution in [0.15, 0.2) is 18.3 Å². The molecule has 0 atom stereocenters. The first-order chi connectivity index (χ1) is 17.3. The van der Waals surface area contributed by atoms with Gasteiger partial charge in [0.05, 0.1) is 24.4 Å². The van der Waals surface area contributed by atoms with Gasteiger partial charge in [-0.05, 0) is 58.7 Å². The number of anilines is 1. The summed E-state index contributed by atoms with van der Waals surface area (Å²) in [6.45, 7) is 17.8. The van der Waals surface area contributed by atoms with Gasteiger partial charge in [-0.1, -0.05) is 19.6 Å². The summed E-state index contributed by atoms with van der Waals surface area (Å²) in [6.07, 6.45) is 3.22. The predicted octanol–water partition coefficient (Wildman–Crippen LogP) is 5.36. The summed E-state index contributed by atoms with van der Waals surface area (Å²) < 4.78 is 18.4. The fraction of sp³-hybridized carbons (Fsp3) is 0.667. The Morgan fingerprint density at radius 1 is 1.16 bits per heavy atom. The first-order valence-electron chi connectivity index (χ1n) is 13.2. The topological polar surface area (TPSA) is 86.1 Å². The third-order valence-corrected chi connectivity index (χ3v) is 8.31. The van der Waals surface area contributed by atoms with E-state index in [-0.39, 0.29) is 18.9 Å². The van der Waals surface area contributed by atoms with Crippen molar-refractivity contribution in [2.24, 2.45) is 0 Å². The van der Waals surface area contributed by atoms with Gasteiger partial charge in [0.2, 0.25) is 0 Å². The van der Waals surface area contributed by atoms with Crippen molar-refractivity contribution in [1.29, 1.82) is 0 Å². The summed E-state index contributed by atoms with van der Waals surface area (Å²) in [6, 6.07) is 4.98. The standard InChI is InChI=1S/C27H44N4O5Si/c1-9-30(26(33)36-27(2,3)4)20-12-14-29(15-13-20)23-11-10-21(25(32)34-5)24-22(23)18-28-31(24)19-35-16-17-37(6,7)8/h10-11,18,20H,9,12-17,19H2,1-8H3. The fourth-order valence-electron chi connectivity index (χ4n) is 4.64. The van der Waals surface area contributed by atoms with E-state index in [1.807, 2.05) is 50.9 Å². The van der Waals surface area contributed by atoms with Crippen molar-refractivity contribution in [3.05, 3.63) is 23.9 Å². The molecule has 0 bridgehead atoms. The number of ether oxygens (including phenoxy) is 3. The van der Waals surface area contributed by atoms with Gasteiger partial charge in [-0.3, -0.25) is 0 Å². The number of rotatable bonds is 9. The summed E-state index contributed by atoms with van der Waals surface area (Å²) in [5.74, 6) is -0.393. The van der Waals surface area contributed by atoms with Crippen LogP contribution in [0.1, 0.15) is 50.9 Å². The van der Waals surface area contributed by atoms with Gasteiger partial charge in [0.25, 0.3) is 0 Å². The lowest BCUT2D eigenvalue weighted by atomic mass is 10.0. The van der Waals surface area contributed by atoms with Crippen molar-refractivity contribution in [2.45, 2.75) is 84.6 Å². The maximum absolute atomic E-state index is 12.7. The molecule has 0 saturated carbocycles. The van der Waals surface area contributed by atoms with Gasteiger partial charge in [-0.2, -0.15) is 5.10 Å². The molecular weight excluding hydrogens is 488 g/mol. The number of benzene rings is 1. The zero-order valence-electron chi connectivity index (χ0n) is 23.8. The lowest BCUT2D eigenvalue weighted by Crippen LogP contribution is -2.48. The first-order valence-corrected chi connectivity index (χ1v) is 16.9. The number of hydrogen-bond donors (Lipinski definition) is 0. The van der Waals surface area contributed by atoms with Crippen molar-refractivity contribution in [3.63, 3.8) is 0 Å². The van der Waals surface area contributed by atoms with E-state index in [9.17, 15) is 9.59 Å². The molecule has 206 valence electrons. The Morgan fingerprint density at radius 2 is 1.84 bits per heavy atom. The van der Waals surface area contributed by atoms with Crippen LogP contribution in [-0.4, -0.2) is 79.8 Å². The molecular formula is C27H44N4O5Si. The second-order valence-electron chi connectivity index (χ2n) is 11.9. The van der Waals surface area contributed by atoms with Crippen LogP contribution in [0.3, 0.4) is 0 Å². The Labute approximate surface area is 222 Å². The number of esters is 1. The minimum Gasteiger partial charge on any atom is -0.465 e. The SMILES string of the molecule is CCN(C(=O)OC(C)(C)C)C1CCN(c2ccc(C(=O)OC)c3c2cnn3COCC[Si](C)(C)C)CC1. The number of amides is 1. The molecule has 0 radical (unpaired) electrons. The van der Waals surface area contributed by atoms with Gasteiger partial charge >= 0.3 is 12.1 Å². The Hall–Kier alpha value is -2.59. The molecule has 1 amide bonds. The number of hydrogen-bond acceptors (Lipinski definition) is 7. The van der Waals surface area contributed by atoms with Crippen LogP contribution in [0.5, 0.6) is 0 Å². The van der Waals surface area contributed by atoms with Gasteiger partial charge in [0, 0.05) is 51.4 Å². The number of fused-ring (bicyclic) bond motifs is 1. The van der Waals surface area contributed by atoms with E-state index in [2.05, 4.69) is 29.6 Å². The highest BCUT2D eigenvalue weighted by Gasteiger charge is 2.31. The van der Waals surface area contributed by atoms with E-state index in [1.165, 1.54) is 7.11 Å². The van der Waals surface area contributed by atoms with Crippen molar-refractivity contribution in [3.8, 4) is 0 Å². The number of methoxy groups -OCH3 is 1. The zero-order chi connectivity index (χ0) is 27.4. The Balaban J connectivity index is 1.79. The molecule has 1 aliphatic heterocycles. The molecule has 0 unspecified atom stereocenters. The van der Waals surface area contributed by atoms with E-state index in [0.717, 1.165) is 48.6 Å². The van der Waals surface area contributed by atoms with Crippen molar-refractivity contribution in [2.75, 3.05) is 38.3 Å². The fourth-order valence-corrected chi connectivity index (χ4v) is 5.40. The summed E-state index contributed by atoms with van der Waals surface area (Å²) in [5, 5.41) is 5.47. The zero-order valence-corrected chi connectivity index (χ0v) is 24.8. The van der Waals surface area contributed by atoms with Crippen LogP contribution in [0.25, 0.3) is 10.9 Å². The molecule has 0 aliphatic carbocycles. The summed E-state index contributed by atoms with van der Waals surface area (Å²) in [4.78, 5) is 29.5. The Morgan fingerprint density at radius 3 is 2.41 bits per heavy atom. The van der Waals surface area contributed by atoms with Gasteiger partial charge < -0.3 is 24.0 Å². The number of nitrogens with zero attached hydrogens (tertiary/aromatic N) is 4. The molecule has 1 aliphatic rings. The van der Waals surface area contributed by atoms with Gasteiger partial charge in [0.1, 0.15) is 12.3 Å². The van der Waals surface area contributed by atoms with Crippen molar-refractivity contribution < 1.29 is 23.8 Å². The highest BCUT2D eigenvalue weighted by atomic mass is 28.3. The molecule has 0 N–H and O–H groups in total. The average molecular weight is 533 g/mol. The van der Waals surface area contributed by atoms with Gasteiger partial charge in [-0.15, -0.1) is 0 Å². The van der Waals surface area contributed by atoms with E-state index in [1.54, 1.807) is 4.68 Å². The molecule has 1 aromatic carbocycles. The van der Waals surface area contributed by atoms with Crippen LogP contribution < -0.4 is 4.90 Å². The number of carbonyl (C=O) groups excluding carboxylic acids is 2. The van der Waals surface area contributed by atoms with Crippen LogP contribution in [0.4, 0.5) is 10.5 Å². The number of carbonyl (C=O) groups is 2. The highest BCUT2D eigenvalue weighted by Crippen LogP contribution is 2.33. The second kappa shape index (κ2) is 11.9. The number of piperidine rings is 1. The quantitative estimate of drug-likeness (QED) is 0.244. The predicted molar refractivity (Wildman–Crippen MR) is 149 cm³/mol. The molecule has 10 heteroatoms. The van der Waals surface area contributed by atoms with Crippen LogP contribution >= 0.6 is 0 Å². The monoisotopic (exact) mass is 532 g/mol. The Bertz CT molecular complexity index is 1080. The molecule has 37 heavy (non-hydrogen) atoms. The summed E-state index contributed by atoms with van der Waals surface area (Å²) in [5.41, 5.74) is 1.71. The average Bonchev–Trinajstić information content (AvgIpc) is 3.24. The normalized spacial score (nSPS) is 15.2. The lowest BCUT2D eigenvalue weighted by molar-refractivity contribution is 0.0149. The van der Waals surface area contributed by atoms with E-state index >= 15 is 0 Å². The summed E-state index contributed by atoms with van der Waals surface area (Å²) >= 11 is 0. The highest BCUT2D eigenvalue weighted by molar-refractivity contribution is 6.76. The molecule has 1 fully saturated rings. The molecule has 1 aromatic heterocycles. The second-order valence-corrected chi connectivity index (χ2v) is 17.5. The summed E-state index contributed by atoms with van der Waals surface area (Å²) in [7, 11) is 0.188. The minimum atomic E-state index is -1.20. The van der Waals surface area contributed by atoms with Gasteiger partial charge in [-0.25, -0.2) is 14.3 Å². The van der Waals surface area contributed by atoms with E-state index in [0.29, 0.717) is 18.7 Å². The molecule has 1 saturated heterocycles. The molecule has 3 rings (SSSR count). The lowest BCUT2D eigenvalue weighted by Gasteiger charge is -2.39. The third kappa shape index (κ3) is 7.47.